The summed E-state index contributed by atoms with van der Waals surface area (Å²) < 4.78 is 0. The smallest absolute Gasteiger partial charge is 0.273 e. The molecule has 0 aliphatic rings. The number of nitrogens with zero attached hydrogens (tertiary/aromatic N) is 2. The molecule has 0 saturated carbocycles. The minimum absolute atomic E-state index is 0.156. The second-order valence-corrected chi connectivity index (χ2v) is 3.11. The van der Waals surface area contributed by atoms with Gasteiger partial charge < -0.3 is 10.6 Å². The minimum Gasteiger partial charge on any atom is -0.343 e. The van der Waals surface area contributed by atoms with Crippen LogP contribution >= 0.6 is 0 Å². The molecule has 15 heavy (non-hydrogen) atoms. The molecule has 0 unspecified atom stereocenters. The summed E-state index contributed by atoms with van der Waals surface area (Å²) in [5.74, 6) is 5.37. The zero-order valence-electron chi connectivity index (χ0n) is 8.82. The third-order valence-corrected chi connectivity index (χ3v) is 1.74. The molecule has 1 aromatic heterocycles. The van der Waals surface area contributed by atoms with Gasteiger partial charge in [-0.3, -0.25) is 4.79 Å². The first-order chi connectivity index (χ1) is 7.16. The number of carbonyl (C=O) groups is 1. The Morgan fingerprint density at radius 1 is 1.60 bits per heavy atom. The third kappa shape index (κ3) is 2.79. The summed E-state index contributed by atoms with van der Waals surface area (Å²) in [5, 5.41) is 0. The van der Waals surface area contributed by atoms with E-state index in [0.29, 0.717) is 11.3 Å². The number of nitrogens with two attached hydrogens (primary N) is 1. The zero-order chi connectivity index (χ0) is 11.3. The van der Waals surface area contributed by atoms with Crippen molar-refractivity contribution in [3.63, 3.8) is 0 Å². The molecule has 2 N–H and O–H groups in total. The predicted octanol–water partition coefficient (Wildman–Crippen LogP) is 0.0936. The fraction of sp³-hybridized carbons (Fsp3) is 0.273. The van der Waals surface area contributed by atoms with Gasteiger partial charge in [0.15, 0.2) is 0 Å². The lowest BCUT2D eigenvalue weighted by atomic mass is 10.2. The monoisotopic (exact) mass is 203 g/mol. The number of amides is 1. The van der Waals surface area contributed by atoms with Gasteiger partial charge in [-0.1, -0.05) is 11.8 Å². The zero-order valence-corrected chi connectivity index (χ0v) is 8.82. The van der Waals surface area contributed by atoms with Gasteiger partial charge >= 0.3 is 0 Å². The molecule has 0 aliphatic carbocycles. The molecule has 1 rings (SSSR count). The van der Waals surface area contributed by atoms with Crippen molar-refractivity contribution in [2.24, 2.45) is 5.73 Å². The van der Waals surface area contributed by atoms with Crippen LogP contribution in [0.3, 0.4) is 0 Å². The lowest BCUT2D eigenvalue weighted by Crippen LogP contribution is -2.23. The number of hydrogen-bond acceptors (Lipinski definition) is 3. The van der Waals surface area contributed by atoms with Gasteiger partial charge in [-0.2, -0.15) is 0 Å². The first-order valence-corrected chi connectivity index (χ1v) is 4.52. The lowest BCUT2D eigenvalue weighted by molar-refractivity contribution is 0.0821. The van der Waals surface area contributed by atoms with E-state index >= 15 is 0 Å². The van der Waals surface area contributed by atoms with Crippen LogP contribution in [-0.2, 0) is 0 Å². The Balaban J connectivity index is 3.12. The summed E-state index contributed by atoms with van der Waals surface area (Å²) in [7, 11) is 3.36. The second-order valence-electron chi connectivity index (χ2n) is 3.11. The maximum Gasteiger partial charge on any atom is 0.273 e. The van der Waals surface area contributed by atoms with Crippen molar-refractivity contribution in [3.8, 4) is 11.8 Å². The number of pyridine rings is 1. The SMILES string of the molecule is CN(C)C(=O)c1ncccc1C#CCN. The predicted molar refractivity (Wildman–Crippen MR) is 58.2 cm³/mol. The Bertz CT molecular complexity index is 415. The summed E-state index contributed by atoms with van der Waals surface area (Å²) in [4.78, 5) is 17.2. The van der Waals surface area contributed by atoms with E-state index in [9.17, 15) is 4.79 Å². The Labute approximate surface area is 89.1 Å². The van der Waals surface area contributed by atoms with Crippen LogP contribution in [0.25, 0.3) is 0 Å². The van der Waals surface area contributed by atoms with Crippen LogP contribution in [0, 0.1) is 11.8 Å². The van der Waals surface area contributed by atoms with Crippen LogP contribution in [0.1, 0.15) is 16.1 Å². The highest BCUT2D eigenvalue weighted by Crippen LogP contribution is 2.05. The highest BCUT2D eigenvalue weighted by Gasteiger charge is 2.12. The highest BCUT2D eigenvalue weighted by molar-refractivity contribution is 5.94. The van der Waals surface area contributed by atoms with Crippen LogP contribution in [-0.4, -0.2) is 36.4 Å². The molecule has 0 radical (unpaired) electrons. The van der Waals surface area contributed by atoms with E-state index in [1.54, 1.807) is 32.4 Å². The Morgan fingerprint density at radius 2 is 2.33 bits per heavy atom. The van der Waals surface area contributed by atoms with Crippen molar-refractivity contribution in [1.82, 2.24) is 9.88 Å². The van der Waals surface area contributed by atoms with Gasteiger partial charge in [-0.15, -0.1) is 0 Å². The third-order valence-electron chi connectivity index (χ3n) is 1.74. The fourth-order valence-corrected chi connectivity index (χ4v) is 1.03. The molecular formula is C11H13N3O. The number of aromatic nitrogens is 1. The molecule has 0 fully saturated rings. The second kappa shape index (κ2) is 5.13. The lowest BCUT2D eigenvalue weighted by Gasteiger charge is -2.10. The quantitative estimate of drug-likeness (QED) is 0.658. The summed E-state index contributed by atoms with van der Waals surface area (Å²) >= 11 is 0. The molecule has 4 nitrogen and oxygen atoms in total. The van der Waals surface area contributed by atoms with Gasteiger partial charge in [0, 0.05) is 20.3 Å². The standard InChI is InChI=1S/C11H13N3O/c1-14(2)11(15)10-9(5-3-7-12)6-4-8-13-10/h4,6,8H,7,12H2,1-2H3. The van der Waals surface area contributed by atoms with Crippen molar-refractivity contribution < 1.29 is 4.79 Å². The summed E-state index contributed by atoms with van der Waals surface area (Å²) in [5.41, 5.74) is 6.25. The molecule has 1 aromatic rings. The molecule has 0 aromatic carbocycles. The van der Waals surface area contributed by atoms with Crippen molar-refractivity contribution >= 4 is 5.91 Å². The highest BCUT2D eigenvalue weighted by atomic mass is 16.2. The van der Waals surface area contributed by atoms with Crippen molar-refractivity contribution in [3.05, 3.63) is 29.6 Å². The average molecular weight is 203 g/mol. The molecule has 0 saturated heterocycles. The van der Waals surface area contributed by atoms with Gasteiger partial charge in [0.05, 0.1) is 12.1 Å². The fourth-order valence-electron chi connectivity index (χ4n) is 1.03. The van der Waals surface area contributed by atoms with Crippen LogP contribution in [0.15, 0.2) is 18.3 Å². The average Bonchev–Trinajstić information content (AvgIpc) is 2.25. The van der Waals surface area contributed by atoms with Gasteiger partial charge in [-0.05, 0) is 12.1 Å². The summed E-state index contributed by atoms with van der Waals surface area (Å²) in [6.45, 7) is 0.268. The maximum absolute atomic E-state index is 11.7. The number of hydrogen-bond donors (Lipinski definition) is 1. The molecule has 0 aliphatic heterocycles. The molecule has 1 amide bonds. The van der Waals surface area contributed by atoms with Crippen LogP contribution in [0.5, 0.6) is 0 Å². The molecule has 1 heterocycles. The van der Waals surface area contributed by atoms with Crippen LogP contribution in [0.4, 0.5) is 0 Å². The minimum atomic E-state index is -0.156. The van der Waals surface area contributed by atoms with Crippen molar-refractivity contribution in [2.45, 2.75) is 0 Å². The first-order valence-electron chi connectivity index (χ1n) is 4.52. The number of rotatable bonds is 1. The first kappa shape index (κ1) is 11.2. The topological polar surface area (TPSA) is 59.2 Å². The Morgan fingerprint density at radius 3 is 2.93 bits per heavy atom. The van der Waals surface area contributed by atoms with E-state index in [0.717, 1.165) is 0 Å². The molecule has 78 valence electrons. The summed E-state index contributed by atoms with van der Waals surface area (Å²) in [6, 6.07) is 3.50. The molecule has 0 atom stereocenters. The van der Waals surface area contributed by atoms with E-state index in [1.165, 1.54) is 4.90 Å². The van der Waals surface area contributed by atoms with E-state index in [4.69, 9.17) is 5.73 Å². The van der Waals surface area contributed by atoms with Gasteiger partial charge in [0.1, 0.15) is 5.69 Å². The molecule has 0 bridgehead atoms. The van der Waals surface area contributed by atoms with Gasteiger partial charge in [-0.25, -0.2) is 4.98 Å². The Hall–Kier alpha value is -1.86. The van der Waals surface area contributed by atoms with E-state index in [1.807, 2.05) is 0 Å². The van der Waals surface area contributed by atoms with Crippen molar-refractivity contribution in [2.75, 3.05) is 20.6 Å². The van der Waals surface area contributed by atoms with E-state index < -0.39 is 0 Å². The normalized spacial score (nSPS) is 9.00. The van der Waals surface area contributed by atoms with Crippen LogP contribution in [0.2, 0.25) is 0 Å². The number of carbonyl (C=O) groups excluding carboxylic acids is 1. The molecule has 0 spiro atoms. The maximum atomic E-state index is 11.7. The van der Waals surface area contributed by atoms with Crippen molar-refractivity contribution in [1.29, 1.82) is 0 Å². The summed E-state index contributed by atoms with van der Waals surface area (Å²) in [6.07, 6.45) is 1.57. The molecule has 4 heteroatoms. The Kier molecular flexibility index (Phi) is 3.83. The largest absolute Gasteiger partial charge is 0.343 e. The molecular weight excluding hydrogens is 190 g/mol. The van der Waals surface area contributed by atoms with E-state index in [2.05, 4.69) is 16.8 Å². The van der Waals surface area contributed by atoms with Gasteiger partial charge in [0.25, 0.3) is 5.91 Å². The van der Waals surface area contributed by atoms with E-state index in [-0.39, 0.29) is 12.5 Å². The van der Waals surface area contributed by atoms with Crippen LogP contribution < -0.4 is 5.73 Å². The van der Waals surface area contributed by atoms with Gasteiger partial charge in [0.2, 0.25) is 0 Å².